The second kappa shape index (κ2) is 10.5. The summed E-state index contributed by atoms with van der Waals surface area (Å²) in [6, 6.07) is 16.6. The molecular weight excluding hydrogens is 354 g/mol. The fourth-order valence-corrected chi connectivity index (χ4v) is 2.49. The van der Waals surface area contributed by atoms with Gasteiger partial charge < -0.3 is 14.4 Å². The summed E-state index contributed by atoms with van der Waals surface area (Å²) in [6.07, 6.45) is 0.374. The summed E-state index contributed by atoms with van der Waals surface area (Å²) >= 11 is 5.90. The number of carbonyl (C=O) groups excluding carboxylic acids is 2. The number of benzene rings is 2. The van der Waals surface area contributed by atoms with E-state index in [0.29, 0.717) is 18.1 Å². The second-order valence-electron chi connectivity index (χ2n) is 5.68. The molecule has 0 fully saturated rings. The summed E-state index contributed by atoms with van der Waals surface area (Å²) in [5, 5.41) is 0.637. The predicted molar refractivity (Wildman–Crippen MR) is 100 cm³/mol. The first-order valence-corrected chi connectivity index (χ1v) is 8.73. The second-order valence-corrected chi connectivity index (χ2v) is 6.12. The van der Waals surface area contributed by atoms with Gasteiger partial charge in [0.15, 0.2) is 0 Å². The van der Waals surface area contributed by atoms with E-state index >= 15 is 0 Å². The molecule has 2 aromatic rings. The van der Waals surface area contributed by atoms with Crippen molar-refractivity contribution in [2.75, 3.05) is 20.3 Å². The Morgan fingerprint density at radius 3 is 2.35 bits per heavy atom. The van der Waals surface area contributed by atoms with Gasteiger partial charge in [-0.25, -0.2) is 0 Å². The third-order valence-corrected chi connectivity index (χ3v) is 4.03. The molecule has 5 nitrogen and oxygen atoms in total. The van der Waals surface area contributed by atoms with E-state index in [0.717, 1.165) is 11.3 Å². The highest BCUT2D eigenvalue weighted by Gasteiger charge is 2.16. The molecule has 1 amide bonds. The van der Waals surface area contributed by atoms with E-state index in [9.17, 15) is 9.59 Å². The highest BCUT2D eigenvalue weighted by molar-refractivity contribution is 6.30. The van der Waals surface area contributed by atoms with Crippen LogP contribution < -0.4 is 4.74 Å². The lowest BCUT2D eigenvalue weighted by molar-refractivity contribution is -0.142. The lowest BCUT2D eigenvalue weighted by atomic mass is 10.2. The number of ether oxygens (including phenoxy) is 2. The van der Waals surface area contributed by atoms with Gasteiger partial charge in [-0.15, -0.1) is 0 Å². The molecule has 0 N–H and O–H groups in total. The molecule has 138 valence electrons. The first-order valence-electron chi connectivity index (χ1n) is 8.35. The molecule has 2 aromatic carbocycles. The summed E-state index contributed by atoms with van der Waals surface area (Å²) < 4.78 is 10.2. The van der Waals surface area contributed by atoms with E-state index in [1.165, 1.54) is 7.11 Å². The van der Waals surface area contributed by atoms with Gasteiger partial charge in [-0.3, -0.25) is 9.59 Å². The Balaban J connectivity index is 1.93. The van der Waals surface area contributed by atoms with Crippen molar-refractivity contribution < 1.29 is 19.1 Å². The summed E-state index contributed by atoms with van der Waals surface area (Å²) in [4.78, 5) is 25.6. The summed E-state index contributed by atoms with van der Waals surface area (Å²) in [7, 11) is 1.33. The van der Waals surface area contributed by atoms with Crippen molar-refractivity contribution in [2.24, 2.45) is 0 Å². The Hall–Kier alpha value is -2.53. The Kier molecular flexibility index (Phi) is 7.96. The maximum Gasteiger partial charge on any atom is 0.307 e. The van der Waals surface area contributed by atoms with Crippen molar-refractivity contribution in [1.82, 2.24) is 4.90 Å². The molecule has 0 aliphatic heterocycles. The largest absolute Gasteiger partial charge is 0.493 e. The number of hydrogen-bond donors (Lipinski definition) is 0. The van der Waals surface area contributed by atoms with E-state index in [1.54, 1.807) is 17.0 Å². The first kappa shape index (κ1) is 19.8. The fraction of sp³-hybridized carbons (Fsp3) is 0.300. The number of esters is 1. The molecule has 0 bridgehead atoms. The molecule has 0 spiro atoms. The van der Waals surface area contributed by atoms with E-state index in [2.05, 4.69) is 4.74 Å². The third kappa shape index (κ3) is 6.76. The average Bonchev–Trinajstić information content (AvgIpc) is 2.67. The number of nitrogens with zero attached hydrogens (tertiary/aromatic N) is 1. The normalized spacial score (nSPS) is 10.2. The molecule has 0 radical (unpaired) electrons. The van der Waals surface area contributed by atoms with E-state index in [1.807, 2.05) is 42.5 Å². The Morgan fingerprint density at radius 1 is 1.00 bits per heavy atom. The minimum absolute atomic E-state index is 0.0835. The number of para-hydroxylation sites is 1. The number of hydrogen-bond acceptors (Lipinski definition) is 4. The van der Waals surface area contributed by atoms with Gasteiger partial charge in [-0.05, 0) is 29.8 Å². The molecular formula is C20H22ClNO4. The molecule has 0 heterocycles. The molecule has 0 unspecified atom stereocenters. The average molecular weight is 376 g/mol. The van der Waals surface area contributed by atoms with Crippen LogP contribution in [-0.2, 0) is 20.9 Å². The molecule has 26 heavy (non-hydrogen) atoms. The molecule has 0 saturated heterocycles. The van der Waals surface area contributed by atoms with Gasteiger partial charge in [0.1, 0.15) is 5.75 Å². The summed E-state index contributed by atoms with van der Waals surface area (Å²) in [5.74, 6) is 0.290. The van der Waals surface area contributed by atoms with Gasteiger partial charge in [-0.2, -0.15) is 0 Å². The van der Waals surface area contributed by atoms with Gasteiger partial charge in [-0.1, -0.05) is 41.9 Å². The minimum Gasteiger partial charge on any atom is -0.493 e. The Bertz CT molecular complexity index is 704. The van der Waals surface area contributed by atoms with Crippen molar-refractivity contribution in [3.05, 3.63) is 65.2 Å². The number of methoxy groups -OCH3 is 1. The predicted octanol–water partition coefficient (Wildman–Crippen LogP) is 3.70. The van der Waals surface area contributed by atoms with Crippen LogP contribution in [0.4, 0.5) is 0 Å². The number of rotatable bonds is 9. The topological polar surface area (TPSA) is 55.8 Å². The summed E-state index contributed by atoms with van der Waals surface area (Å²) in [6.45, 7) is 0.968. The first-order chi connectivity index (χ1) is 12.6. The van der Waals surface area contributed by atoms with Crippen molar-refractivity contribution in [2.45, 2.75) is 19.4 Å². The maximum atomic E-state index is 12.6. The zero-order valence-electron chi connectivity index (χ0n) is 14.7. The Labute approximate surface area is 158 Å². The van der Waals surface area contributed by atoms with Crippen LogP contribution in [0.2, 0.25) is 5.02 Å². The van der Waals surface area contributed by atoms with Crippen molar-refractivity contribution in [1.29, 1.82) is 0 Å². The van der Waals surface area contributed by atoms with Crippen LogP contribution in [0.15, 0.2) is 54.6 Å². The SMILES string of the molecule is COC(=O)CCN(Cc1ccc(Cl)cc1)C(=O)CCOc1ccccc1. The zero-order valence-corrected chi connectivity index (χ0v) is 15.4. The standard InChI is InChI=1S/C20H22ClNO4/c1-25-20(24)11-13-22(15-16-7-9-17(21)10-8-16)19(23)12-14-26-18-5-3-2-4-6-18/h2-10H,11-15H2,1H3. The number of amides is 1. The quantitative estimate of drug-likeness (QED) is 0.627. The van der Waals surface area contributed by atoms with Crippen molar-refractivity contribution in [3.63, 3.8) is 0 Å². The van der Waals surface area contributed by atoms with E-state index in [-0.39, 0.29) is 31.3 Å². The lowest BCUT2D eigenvalue weighted by Gasteiger charge is -2.22. The van der Waals surface area contributed by atoms with Gasteiger partial charge in [0.2, 0.25) is 5.91 Å². The fourth-order valence-electron chi connectivity index (χ4n) is 2.36. The summed E-state index contributed by atoms with van der Waals surface area (Å²) in [5.41, 5.74) is 0.941. The van der Waals surface area contributed by atoms with Gasteiger partial charge in [0, 0.05) is 18.1 Å². The van der Waals surface area contributed by atoms with Crippen LogP contribution in [0.1, 0.15) is 18.4 Å². The number of carbonyl (C=O) groups is 2. The molecule has 0 aliphatic carbocycles. The van der Waals surface area contributed by atoms with Gasteiger partial charge >= 0.3 is 5.97 Å². The number of halogens is 1. The van der Waals surface area contributed by atoms with E-state index in [4.69, 9.17) is 16.3 Å². The van der Waals surface area contributed by atoms with Gasteiger partial charge in [0.25, 0.3) is 0 Å². The van der Waals surface area contributed by atoms with Crippen LogP contribution >= 0.6 is 11.6 Å². The maximum absolute atomic E-state index is 12.6. The van der Waals surface area contributed by atoms with Crippen molar-refractivity contribution >= 4 is 23.5 Å². The third-order valence-electron chi connectivity index (χ3n) is 3.78. The van der Waals surface area contributed by atoms with Crippen LogP contribution in [0.3, 0.4) is 0 Å². The zero-order chi connectivity index (χ0) is 18.8. The van der Waals surface area contributed by atoms with Crippen LogP contribution in [-0.4, -0.2) is 37.0 Å². The van der Waals surface area contributed by atoms with Gasteiger partial charge in [0.05, 0.1) is 26.6 Å². The monoisotopic (exact) mass is 375 g/mol. The molecule has 0 saturated carbocycles. The lowest BCUT2D eigenvalue weighted by Crippen LogP contribution is -2.33. The molecule has 0 aliphatic rings. The molecule has 2 rings (SSSR count). The highest BCUT2D eigenvalue weighted by atomic mass is 35.5. The molecule has 0 atom stereocenters. The smallest absolute Gasteiger partial charge is 0.307 e. The van der Waals surface area contributed by atoms with Crippen LogP contribution in [0, 0.1) is 0 Å². The molecule has 6 heteroatoms. The van der Waals surface area contributed by atoms with Crippen molar-refractivity contribution in [3.8, 4) is 5.75 Å². The highest BCUT2D eigenvalue weighted by Crippen LogP contribution is 2.13. The van der Waals surface area contributed by atoms with Crippen LogP contribution in [0.25, 0.3) is 0 Å². The Morgan fingerprint density at radius 2 is 1.69 bits per heavy atom. The molecule has 0 aromatic heterocycles. The van der Waals surface area contributed by atoms with E-state index < -0.39 is 0 Å². The van der Waals surface area contributed by atoms with Crippen LogP contribution in [0.5, 0.6) is 5.75 Å². The minimum atomic E-state index is -0.348.